The Morgan fingerprint density at radius 1 is 0.647 bits per heavy atom. The summed E-state index contributed by atoms with van der Waals surface area (Å²) in [5.41, 5.74) is -0.584. The molecule has 2 rings (SSSR count). The molecule has 0 aliphatic carbocycles. The van der Waals surface area contributed by atoms with E-state index in [0.717, 1.165) is 6.92 Å². The van der Waals surface area contributed by atoms with E-state index in [4.69, 9.17) is 0 Å². The van der Waals surface area contributed by atoms with Gasteiger partial charge >= 0.3 is 0 Å². The second-order valence-corrected chi connectivity index (χ2v) is 3.31. The lowest BCUT2D eigenvalue weighted by molar-refractivity contribution is 0.413. The first kappa shape index (κ1) is 11.7. The maximum Gasteiger partial charge on any atom is 0.224 e. The van der Waals surface area contributed by atoms with Crippen LogP contribution in [0.25, 0.3) is 10.8 Å². The van der Waals surface area contributed by atoms with Crippen LogP contribution in [0.5, 0.6) is 0 Å². The summed E-state index contributed by atoms with van der Waals surface area (Å²) in [6.45, 7) is 0.983. The molecule has 7 heteroatoms. The quantitative estimate of drug-likeness (QED) is 0.303. The second-order valence-electron chi connectivity index (χ2n) is 3.31. The lowest BCUT2D eigenvalue weighted by Crippen LogP contribution is -2.05. The number of fused-ring (bicyclic) bond motifs is 1. The van der Waals surface area contributed by atoms with Gasteiger partial charge in [0.05, 0.1) is 16.5 Å². The first-order valence-electron chi connectivity index (χ1n) is 4.33. The molecule has 0 spiro atoms. The van der Waals surface area contributed by atoms with E-state index in [-0.39, 0.29) is 0 Å². The highest BCUT2D eigenvalue weighted by Gasteiger charge is 2.26. The summed E-state index contributed by atoms with van der Waals surface area (Å²) in [5, 5.41) is -2.63. The van der Waals surface area contributed by atoms with E-state index in [1.165, 1.54) is 0 Å². The van der Waals surface area contributed by atoms with Crippen LogP contribution >= 0.6 is 0 Å². The van der Waals surface area contributed by atoms with Gasteiger partial charge in [0.2, 0.25) is 5.95 Å². The van der Waals surface area contributed by atoms with Gasteiger partial charge < -0.3 is 0 Å². The molecular formula is C10H3F6N. The van der Waals surface area contributed by atoms with Gasteiger partial charge in [0, 0.05) is 0 Å². The normalized spacial score (nSPS) is 11.2. The van der Waals surface area contributed by atoms with Gasteiger partial charge in [-0.15, -0.1) is 0 Å². The third-order valence-corrected chi connectivity index (χ3v) is 2.28. The van der Waals surface area contributed by atoms with Crippen molar-refractivity contribution >= 4 is 10.8 Å². The number of rotatable bonds is 0. The summed E-state index contributed by atoms with van der Waals surface area (Å²) in [5.74, 6) is -11.4. The summed E-state index contributed by atoms with van der Waals surface area (Å²) < 4.78 is 78.7. The number of halogens is 6. The first-order valence-corrected chi connectivity index (χ1v) is 4.33. The molecule has 0 saturated heterocycles. The lowest BCUT2D eigenvalue weighted by atomic mass is 10.1. The molecule has 0 unspecified atom stereocenters. The number of aryl methyl sites for hydroxylation is 1. The van der Waals surface area contributed by atoms with Crippen molar-refractivity contribution in [2.45, 2.75) is 6.92 Å². The average Bonchev–Trinajstić information content (AvgIpc) is 2.28. The molecule has 1 aromatic heterocycles. The fourth-order valence-corrected chi connectivity index (χ4v) is 1.46. The molecule has 0 fully saturated rings. The van der Waals surface area contributed by atoms with E-state index in [0.29, 0.717) is 0 Å². The molecular weight excluding hydrogens is 248 g/mol. The van der Waals surface area contributed by atoms with Crippen LogP contribution in [0, 0.1) is 42.0 Å². The molecule has 1 heterocycles. The predicted octanol–water partition coefficient (Wildman–Crippen LogP) is 3.38. The van der Waals surface area contributed by atoms with Crippen molar-refractivity contribution in [1.82, 2.24) is 4.98 Å². The highest BCUT2D eigenvalue weighted by molar-refractivity contribution is 5.84. The predicted molar refractivity (Wildman–Crippen MR) is 46.2 cm³/mol. The molecule has 2 aromatic rings. The van der Waals surface area contributed by atoms with Gasteiger partial charge in [0.25, 0.3) is 0 Å². The zero-order valence-electron chi connectivity index (χ0n) is 8.22. The molecule has 0 saturated carbocycles. The average molecular weight is 251 g/mol. The summed E-state index contributed by atoms with van der Waals surface area (Å²) in [6, 6.07) is 0. The Labute approximate surface area is 90.7 Å². The summed E-state index contributed by atoms with van der Waals surface area (Å²) >= 11 is 0. The summed E-state index contributed by atoms with van der Waals surface area (Å²) in [6.07, 6.45) is 0. The van der Waals surface area contributed by atoms with Crippen LogP contribution in [0.2, 0.25) is 0 Å². The fourth-order valence-electron chi connectivity index (χ4n) is 1.46. The molecule has 0 aliphatic heterocycles. The van der Waals surface area contributed by atoms with Gasteiger partial charge in [-0.3, -0.25) is 0 Å². The maximum absolute atomic E-state index is 13.4. The Morgan fingerprint density at radius 2 is 1.12 bits per heavy atom. The van der Waals surface area contributed by atoms with Crippen molar-refractivity contribution < 1.29 is 26.3 Å². The smallest absolute Gasteiger partial charge is 0.221 e. The third-order valence-electron chi connectivity index (χ3n) is 2.28. The zero-order valence-corrected chi connectivity index (χ0v) is 8.22. The van der Waals surface area contributed by atoms with Gasteiger partial charge in [-0.25, -0.2) is 26.9 Å². The molecule has 1 aromatic carbocycles. The number of hydrogen-bond donors (Lipinski definition) is 0. The molecule has 0 bridgehead atoms. The highest BCUT2D eigenvalue weighted by Crippen LogP contribution is 2.30. The van der Waals surface area contributed by atoms with Gasteiger partial charge in [0.15, 0.2) is 29.1 Å². The van der Waals surface area contributed by atoms with Crippen LogP contribution < -0.4 is 0 Å². The van der Waals surface area contributed by atoms with Gasteiger partial charge in [-0.2, -0.15) is 4.39 Å². The van der Waals surface area contributed by atoms with Crippen molar-refractivity contribution in [1.29, 1.82) is 0 Å². The lowest BCUT2D eigenvalue weighted by Gasteiger charge is -2.07. The number of aromatic nitrogens is 1. The van der Waals surface area contributed by atoms with Gasteiger partial charge in [-0.1, -0.05) is 0 Å². The largest absolute Gasteiger partial charge is 0.224 e. The molecule has 0 aliphatic rings. The molecule has 0 atom stereocenters. The fraction of sp³-hybridized carbons (Fsp3) is 0.100. The monoisotopic (exact) mass is 251 g/mol. The number of nitrogens with zero attached hydrogens (tertiary/aromatic N) is 1. The topological polar surface area (TPSA) is 12.9 Å². The van der Waals surface area contributed by atoms with E-state index in [1.54, 1.807) is 0 Å². The van der Waals surface area contributed by atoms with Crippen molar-refractivity contribution in [2.24, 2.45) is 0 Å². The molecule has 90 valence electrons. The number of benzene rings is 1. The van der Waals surface area contributed by atoms with Crippen LogP contribution in [0.3, 0.4) is 0 Å². The summed E-state index contributed by atoms with van der Waals surface area (Å²) in [4.78, 5) is 2.94. The number of pyridine rings is 1. The highest BCUT2D eigenvalue weighted by atomic mass is 19.2. The van der Waals surface area contributed by atoms with E-state index >= 15 is 0 Å². The molecule has 0 amide bonds. The molecule has 17 heavy (non-hydrogen) atoms. The minimum Gasteiger partial charge on any atom is -0.221 e. The van der Waals surface area contributed by atoms with E-state index in [2.05, 4.69) is 4.98 Å². The Balaban J connectivity index is 3.17. The van der Waals surface area contributed by atoms with Crippen molar-refractivity contribution in [3.05, 3.63) is 40.7 Å². The van der Waals surface area contributed by atoms with Gasteiger partial charge in [-0.05, 0) is 6.92 Å². The second kappa shape index (κ2) is 3.61. The summed E-state index contributed by atoms with van der Waals surface area (Å²) in [7, 11) is 0. The van der Waals surface area contributed by atoms with E-state index < -0.39 is 51.5 Å². The molecule has 1 nitrogen and oxygen atoms in total. The van der Waals surface area contributed by atoms with Gasteiger partial charge in [0.1, 0.15) is 0 Å². The van der Waals surface area contributed by atoms with Crippen LogP contribution in [0.4, 0.5) is 26.3 Å². The van der Waals surface area contributed by atoms with E-state index in [1.807, 2.05) is 0 Å². The van der Waals surface area contributed by atoms with Crippen LogP contribution in [0.15, 0.2) is 0 Å². The molecule has 0 N–H and O–H groups in total. The molecule has 0 radical (unpaired) electrons. The van der Waals surface area contributed by atoms with Crippen molar-refractivity contribution in [3.8, 4) is 0 Å². The number of hydrogen-bond acceptors (Lipinski definition) is 1. The van der Waals surface area contributed by atoms with Crippen molar-refractivity contribution in [3.63, 3.8) is 0 Å². The Kier molecular flexibility index (Phi) is 2.48. The Hall–Kier alpha value is -1.79. The third kappa shape index (κ3) is 1.45. The first-order chi connectivity index (χ1) is 7.86. The standard InChI is InChI=1S/C10H3F6N/c1-2-5(11)3-4(10(16)17-2)7(13)9(15)8(14)6(3)12/h1H3. The minimum atomic E-state index is -2.21. The minimum absolute atomic E-state index is 0.584. The van der Waals surface area contributed by atoms with Crippen LogP contribution in [-0.2, 0) is 0 Å². The Bertz CT molecular complexity index is 637. The van der Waals surface area contributed by atoms with E-state index in [9.17, 15) is 26.3 Å². The van der Waals surface area contributed by atoms with Crippen LogP contribution in [0.1, 0.15) is 5.69 Å². The maximum atomic E-state index is 13.4. The SMILES string of the molecule is Cc1nc(F)c2c(F)c(F)c(F)c(F)c2c1F. The Morgan fingerprint density at radius 3 is 1.65 bits per heavy atom. The zero-order chi connectivity index (χ0) is 12.9. The van der Waals surface area contributed by atoms with Crippen LogP contribution in [-0.4, -0.2) is 4.98 Å². The van der Waals surface area contributed by atoms with Crippen molar-refractivity contribution in [2.75, 3.05) is 0 Å².